The maximum atomic E-state index is 13.1. The van der Waals surface area contributed by atoms with Crippen molar-refractivity contribution in [3.63, 3.8) is 0 Å². The van der Waals surface area contributed by atoms with E-state index in [2.05, 4.69) is 5.32 Å². The average Bonchev–Trinajstić information content (AvgIpc) is 2.59. The molecule has 0 saturated carbocycles. The highest BCUT2D eigenvalue weighted by molar-refractivity contribution is 7.98. The number of hydrogen-bond acceptors (Lipinski definition) is 4. The fraction of sp³-hybridized carbons (Fsp3) is 0.200. The molecule has 0 aliphatic heterocycles. The number of fused-ring (bicyclic) bond motifs is 1. The Bertz CT molecular complexity index is 998. The first-order chi connectivity index (χ1) is 12.4. The summed E-state index contributed by atoms with van der Waals surface area (Å²) in [5.41, 5.74) is 2.48. The molecule has 0 aliphatic carbocycles. The summed E-state index contributed by atoms with van der Waals surface area (Å²) in [7, 11) is 0. The van der Waals surface area contributed by atoms with Gasteiger partial charge in [0.15, 0.2) is 0 Å². The standard InChI is InChI=1S/C20H18FNO3S/c1-12(14-3-5-16(21)6-4-14)26-11-15-9-20(24)25-19-10-17(22-13(2)23)7-8-18(15)19/h3-10,12H,11H2,1-2H3,(H,22,23). The van der Waals surface area contributed by atoms with Crippen molar-refractivity contribution >= 4 is 34.3 Å². The SMILES string of the molecule is CC(=O)Nc1ccc2c(CSC(C)c3ccc(F)cc3)cc(=O)oc2c1. The molecule has 2 aromatic carbocycles. The van der Waals surface area contributed by atoms with Crippen LogP contribution in [0.15, 0.2) is 57.7 Å². The summed E-state index contributed by atoms with van der Waals surface area (Å²) in [6, 6.07) is 13.2. The number of halogens is 1. The lowest BCUT2D eigenvalue weighted by Crippen LogP contribution is -2.06. The zero-order valence-corrected chi connectivity index (χ0v) is 15.2. The molecular weight excluding hydrogens is 353 g/mol. The zero-order chi connectivity index (χ0) is 18.7. The monoisotopic (exact) mass is 371 g/mol. The minimum atomic E-state index is -0.428. The predicted octanol–water partition coefficient (Wildman–Crippen LogP) is 4.88. The molecule has 0 bridgehead atoms. The van der Waals surface area contributed by atoms with Gasteiger partial charge in [0, 0.05) is 41.1 Å². The van der Waals surface area contributed by atoms with Gasteiger partial charge in [0.1, 0.15) is 11.4 Å². The predicted molar refractivity (Wildman–Crippen MR) is 103 cm³/mol. The Morgan fingerprint density at radius 2 is 1.92 bits per heavy atom. The normalized spacial score (nSPS) is 12.1. The maximum Gasteiger partial charge on any atom is 0.336 e. The molecule has 1 heterocycles. The fourth-order valence-corrected chi connectivity index (χ4v) is 3.69. The Morgan fingerprint density at radius 3 is 2.62 bits per heavy atom. The van der Waals surface area contributed by atoms with Crippen LogP contribution in [-0.4, -0.2) is 5.91 Å². The van der Waals surface area contributed by atoms with E-state index in [0.717, 1.165) is 16.5 Å². The van der Waals surface area contributed by atoms with E-state index < -0.39 is 5.63 Å². The molecule has 1 atom stereocenters. The summed E-state index contributed by atoms with van der Waals surface area (Å²) in [5.74, 6) is 0.166. The molecule has 3 rings (SSSR count). The van der Waals surface area contributed by atoms with Crippen molar-refractivity contribution in [2.75, 3.05) is 5.32 Å². The van der Waals surface area contributed by atoms with Gasteiger partial charge in [0.05, 0.1) is 0 Å². The topological polar surface area (TPSA) is 59.3 Å². The largest absolute Gasteiger partial charge is 0.423 e. The van der Waals surface area contributed by atoms with Crippen LogP contribution in [0.5, 0.6) is 0 Å². The van der Waals surface area contributed by atoms with Crippen molar-refractivity contribution in [2.45, 2.75) is 24.9 Å². The van der Waals surface area contributed by atoms with Crippen molar-refractivity contribution < 1.29 is 13.6 Å². The molecule has 3 aromatic rings. The molecule has 1 amide bonds. The number of benzene rings is 2. The second-order valence-electron chi connectivity index (χ2n) is 5.99. The van der Waals surface area contributed by atoms with Crippen molar-refractivity contribution in [3.8, 4) is 0 Å². The number of anilines is 1. The molecule has 1 N–H and O–H groups in total. The Labute approximate surface area is 154 Å². The van der Waals surface area contributed by atoms with Gasteiger partial charge in [-0.1, -0.05) is 12.1 Å². The van der Waals surface area contributed by atoms with E-state index in [9.17, 15) is 14.0 Å². The van der Waals surface area contributed by atoms with E-state index in [4.69, 9.17) is 4.42 Å². The van der Waals surface area contributed by atoms with Crippen LogP contribution in [0.2, 0.25) is 0 Å². The third-order valence-corrected chi connectivity index (χ3v) is 5.23. The molecule has 0 spiro atoms. The third-order valence-electron chi connectivity index (χ3n) is 3.98. The number of carbonyl (C=O) groups is 1. The molecule has 4 nitrogen and oxygen atoms in total. The Balaban J connectivity index is 1.83. The average molecular weight is 371 g/mol. The van der Waals surface area contributed by atoms with Crippen LogP contribution in [0.3, 0.4) is 0 Å². The lowest BCUT2D eigenvalue weighted by Gasteiger charge is -2.13. The third kappa shape index (κ3) is 4.32. The van der Waals surface area contributed by atoms with Crippen molar-refractivity contribution in [2.24, 2.45) is 0 Å². The minimum Gasteiger partial charge on any atom is -0.423 e. The molecule has 6 heteroatoms. The number of carbonyl (C=O) groups excluding carboxylic acids is 1. The summed E-state index contributed by atoms with van der Waals surface area (Å²) < 4.78 is 18.3. The van der Waals surface area contributed by atoms with Crippen molar-refractivity contribution in [3.05, 3.63) is 75.9 Å². The van der Waals surface area contributed by atoms with E-state index in [1.165, 1.54) is 25.1 Å². The van der Waals surface area contributed by atoms with Gasteiger partial charge in [-0.3, -0.25) is 4.79 Å². The molecule has 26 heavy (non-hydrogen) atoms. The van der Waals surface area contributed by atoms with Gasteiger partial charge in [-0.2, -0.15) is 0 Å². The van der Waals surface area contributed by atoms with Crippen molar-refractivity contribution in [1.82, 2.24) is 0 Å². The van der Waals surface area contributed by atoms with Gasteiger partial charge in [0.25, 0.3) is 0 Å². The van der Waals surface area contributed by atoms with Gasteiger partial charge in [-0.05, 0) is 42.3 Å². The number of rotatable bonds is 5. The van der Waals surface area contributed by atoms with Crippen molar-refractivity contribution in [1.29, 1.82) is 0 Å². The first kappa shape index (κ1) is 18.2. The van der Waals surface area contributed by atoms with Crippen LogP contribution in [0.25, 0.3) is 11.0 Å². The lowest BCUT2D eigenvalue weighted by molar-refractivity contribution is -0.114. The number of nitrogens with one attached hydrogen (secondary N) is 1. The van der Waals surface area contributed by atoms with Crippen LogP contribution in [-0.2, 0) is 10.5 Å². The quantitative estimate of drug-likeness (QED) is 0.649. The highest BCUT2D eigenvalue weighted by Crippen LogP contribution is 2.33. The van der Waals surface area contributed by atoms with E-state index in [1.54, 1.807) is 36.0 Å². The summed E-state index contributed by atoms with van der Waals surface area (Å²) in [6.45, 7) is 3.46. The molecule has 0 radical (unpaired) electrons. The molecule has 1 unspecified atom stereocenters. The second kappa shape index (κ2) is 7.74. The van der Waals surface area contributed by atoms with Gasteiger partial charge < -0.3 is 9.73 Å². The molecule has 0 saturated heterocycles. The highest BCUT2D eigenvalue weighted by Gasteiger charge is 2.11. The van der Waals surface area contributed by atoms with E-state index in [0.29, 0.717) is 17.0 Å². The summed E-state index contributed by atoms with van der Waals surface area (Å²) in [6.07, 6.45) is 0. The lowest BCUT2D eigenvalue weighted by atomic mass is 10.1. The highest BCUT2D eigenvalue weighted by atomic mass is 32.2. The van der Waals surface area contributed by atoms with Gasteiger partial charge in [0.2, 0.25) is 5.91 Å². The molecule has 134 valence electrons. The van der Waals surface area contributed by atoms with Crippen LogP contribution >= 0.6 is 11.8 Å². The number of thioether (sulfide) groups is 1. The minimum absolute atomic E-state index is 0.150. The second-order valence-corrected chi connectivity index (χ2v) is 7.32. The van der Waals surface area contributed by atoms with Crippen LogP contribution in [0.4, 0.5) is 10.1 Å². The van der Waals surface area contributed by atoms with Gasteiger partial charge in [-0.15, -0.1) is 11.8 Å². The first-order valence-corrected chi connectivity index (χ1v) is 9.18. The molecule has 1 aromatic heterocycles. The number of hydrogen-bond donors (Lipinski definition) is 1. The summed E-state index contributed by atoms with van der Waals surface area (Å²) in [5, 5.41) is 3.66. The fourth-order valence-electron chi connectivity index (χ4n) is 2.68. The molecule has 0 aliphatic rings. The molecule has 0 fully saturated rings. The first-order valence-electron chi connectivity index (χ1n) is 8.14. The summed E-state index contributed by atoms with van der Waals surface area (Å²) >= 11 is 1.65. The Hall–Kier alpha value is -2.60. The van der Waals surface area contributed by atoms with Gasteiger partial charge in [-0.25, -0.2) is 9.18 Å². The van der Waals surface area contributed by atoms with Crippen LogP contribution in [0.1, 0.15) is 30.2 Å². The van der Waals surface area contributed by atoms with Gasteiger partial charge >= 0.3 is 5.63 Å². The molecular formula is C20H18FNO3S. The summed E-state index contributed by atoms with van der Waals surface area (Å²) in [4.78, 5) is 23.1. The zero-order valence-electron chi connectivity index (χ0n) is 14.4. The van der Waals surface area contributed by atoms with Crippen LogP contribution < -0.4 is 10.9 Å². The number of amides is 1. The Morgan fingerprint density at radius 1 is 1.19 bits per heavy atom. The maximum absolute atomic E-state index is 13.1. The smallest absolute Gasteiger partial charge is 0.336 e. The van der Waals surface area contributed by atoms with E-state index >= 15 is 0 Å². The van der Waals surface area contributed by atoms with E-state index in [-0.39, 0.29) is 17.0 Å². The Kier molecular flexibility index (Phi) is 5.42. The van der Waals surface area contributed by atoms with E-state index in [1.807, 2.05) is 13.0 Å². The van der Waals surface area contributed by atoms with Crippen LogP contribution in [0, 0.1) is 5.82 Å².